The molecule has 6 heteroatoms. The molecule has 0 aliphatic carbocycles. The average molecular weight is 240 g/mol. The molecule has 17 heavy (non-hydrogen) atoms. The number of nitrogens with two attached hydrogens (primary N) is 1. The Morgan fingerprint density at radius 2 is 2.18 bits per heavy atom. The normalized spacial score (nSPS) is 11.3. The minimum absolute atomic E-state index is 0.182. The van der Waals surface area contributed by atoms with Crippen LogP contribution in [-0.4, -0.2) is 29.2 Å². The van der Waals surface area contributed by atoms with Crippen molar-refractivity contribution in [1.29, 1.82) is 0 Å². The van der Waals surface area contributed by atoms with Crippen molar-refractivity contribution in [3.8, 4) is 5.75 Å². The summed E-state index contributed by atoms with van der Waals surface area (Å²) >= 11 is 0. The summed E-state index contributed by atoms with van der Waals surface area (Å²) in [6.45, 7) is 4.62. The van der Waals surface area contributed by atoms with Gasteiger partial charge in [-0.15, -0.1) is 0 Å². The summed E-state index contributed by atoms with van der Waals surface area (Å²) in [7, 11) is 1.44. The highest BCUT2D eigenvalue weighted by Crippen LogP contribution is 2.17. The van der Waals surface area contributed by atoms with E-state index in [2.05, 4.69) is 15.3 Å². The number of nitrogens with one attached hydrogen (secondary N) is 2. The highest BCUT2D eigenvalue weighted by Gasteiger charge is 2.21. The van der Waals surface area contributed by atoms with Gasteiger partial charge in [0.1, 0.15) is 0 Å². The maximum atomic E-state index is 11.4. The third-order valence-electron chi connectivity index (χ3n) is 3.03. The first-order valence-electron chi connectivity index (χ1n) is 5.70. The van der Waals surface area contributed by atoms with Gasteiger partial charge in [-0.2, -0.15) is 0 Å². The van der Waals surface area contributed by atoms with Crippen LogP contribution >= 0.6 is 0 Å². The van der Waals surface area contributed by atoms with E-state index in [0.29, 0.717) is 12.4 Å². The number of nitrogens with zero attached hydrogens (tertiary/aromatic N) is 1. The zero-order valence-corrected chi connectivity index (χ0v) is 10.5. The summed E-state index contributed by atoms with van der Waals surface area (Å²) in [6.07, 6.45) is 3.04. The monoisotopic (exact) mass is 240 g/mol. The molecule has 0 aliphatic rings. The molecule has 1 aromatic heterocycles. The Kier molecular flexibility index (Phi) is 4.51. The van der Waals surface area contributed by atoms with Gasteiger partial charge in [0.25, 0.3) is 5.56 Å². The van der Waals surface area contributed by atoms with Crippen molar-refractivity contribution in [2.75, 3.05) is 19.0 Å². The van der Waals surface area contributed by atoms with Crippen LogP contribution in [0, 0.1) is 0 Å². The fourth-order valence-electron chi connectivity index (χ4n) is 1.46. The Morgan fingerprint density at radius 3 is 2.71 bits per heavy atom. The lowest BCUT2D eigenvalue weighted by Crippen LogP contribution is -2.45. The highest BCUT2D eigenvalue weighted by atomic mass is 16.5. The van der Waals surface area contributed by atoms with Crippen LogP contribution in [0.25, 0.3) is 0 Å². The first kappa shape index (κ1) is 13.5. The Hall–Kier alpha value is -1.56. The maximum Gasteiger partial charge on any atom is 0.295 e. The van der Waals surface area contributed by atoms with E-state index in [1.165, 1.54) is 13.4 Å². The van der Waals surface area contributed by atoms with Crippen molar-refractivity contribution in [1.82, 2.24) is 9.97 Å². The molecule has 0 unspecified atom stereocenters. The molecular formula is C11H20N4O2. The second-order valence-electron chi connectivity index (χ2n) is 4.04. The molecule has 96 valence electrons. The Bertz CT molecular complexity index is 412. The van der Waals surface area contributed by atoms with E-state index in [1.807, 2.05) is 13.8 Å². The van der Waals surface area contributed by atoms with Crippen LogP contribution in [0.3, 0.4) is 0 Å². The Morgan fingerprint density at radius 1 is 1.53 bits per heavy atom. The number of methoxy groups -OCH3 is 1. The standard InChI is InChI=1S/C11H20N4O2/c1-4-11(12,5-2)6-13-9-8(17-3)10(16)15-7-14-9/h7H,4-6,12H2,1-3H3,(H2,13,14,15,16). The van der Waals surface area contributed by atoms with E-state index in [-0.39, 0.29) is 16.8 Å². The van der Waals surface area contributed by atoms with Crippen molar-refractivity contribution < 1.29 is 4.74 Å². The fourth-order valence-corrected chi connectivity index (χ4v) is 1.46. The minimum Gasteiger partial charge on any atom is -0.489 e. The maximum absolute atomic E-state index is 11.4. The van der Waals surface area contributed by atoms with Gasteiger partial charge < -0.3 is 20.8 Å². The van der Waals surface area contributed by atoms with E-state index in [4.69, 9.17) is 10.5 Å². The molecule has 0 amide bonds. The van der Waals surface area contributed by atoms with Gasteiger partial charge in [0.05, 0.1) is 13.4 Å². The number of aromatic amines is 1. The molecule has 1 heterocycles. The fraction of sp³-hybridized carbons (Fsp3) is 0.636. The van der Waals surface area contributed by atoms with Crippen LogP contribution in [0.5, 0.6) is 5.75 Å². The van der Waals surface area contributed by atoms with E-state index in [9.17, 15) is 4.79 Å². The van der Waals surface area contributed by atoms with Gasteiger partial charge >= 0.3 is 0 Å². The molecule has 4 N–H and O–H groups in total. The van der Waals surface area contributed by atoms with Crippen LogP contribution in [0.15, 0.2) is 11.1 Å². The van der Waals surface area contributed by atoms with Crippen molar-refractivity contribution in [2.24, 2.45) is 5.73 Å². The molecule has 0 aliphatic heterocycles. The zero-order valence-electron chi connectivity index (χ0n) is 10.5. The van der Waals surface area contributed by atoms with Crippen molar-refractivity contribution >= 4 is 5.82 Å². The Balaban J connectivity index is 2.82. The largest absolute Gasteiger partial charge is 0.489 e. The minimum atomic E-state index is -0.305. The number of H-pyrrole nitrogens is 1. The summed E-state index contributed by atoms with van der Waals surface area (Å²) < 4.78 is 5.00. The molecule has 0 bridgehead atoms. The van der Waals surface area contributed by atoms with Crippen LogP contribution in [0.4, 0.5) is 5.82 Å². The van der Waals surface area contributed by atoms with Gasteiger partial charge in [0.15, 0.2) is 5.82 Å². The summed E-state index contributed by atoms with van der Waals surface area (Å²) in [5.41, 5.74) is 5.56. The molecule has 6 nitrogen and oxygen atoms in total. The lowest BCUT2D eigenvalue weighted by Gasteiger charge is -2.27. The SMILES string of the molecule is CCC(N)(CC)CNc1nc[nH]c(=O)c1OC. The van der Waals surface area contributed by atoms with Crippen LogP contribution in [0.2, 0.25) is 0 Å². The van der Waals surface area contributed by atoms with Gasteiger partial charge in [-0.25, -0.2) is 4.98 Å². The molecule has 0 radical (unpaired) electrons. The van der Waals surface area contributed by atoms with Gasteiger partial charge in [-0.05, 0) is 12.8 Å². The molecule has 0 fully saturated rings. The number of ether oxygens (including phenoxy) is 1. The summed E-state index contributed by atoms with van der Waals surface area (Å²) in [5.74, 6) is 0.607. The van der Waals surface area contributed by atoms with Crippen molar-refractivity contribution in [3.63, 3.8) is 0 Å². The van der Waals surface area contributed by atoms with Crippen LogP contribution < -0.4 is 21.3 Å². The van der Waals surface area contributed by atoms with E-state index in [0.717, 1.165) is 12.8 Å². The zero-order chi connectivity index (χ0) is 12.9. The third kappa shape index (κ3) is 3.20. The highest BCUT2D eigenvalue weighted by molar-refractivity contribution is 5.48. The quantitative estimate of drug-likeness (QED) is 0.681. The first-order valence-corrected chi connectivity index (χ1v) is 5.70. The molecule has 1 rings (SSSR count). The molecular weight excluding hydrogens is 220 g/mol. The second-order valence-corrected chi connectivity index (χ2v) is 4.04. The average Bonchev–Trinajstić information content (AvgIpc) is 2.36. The topological polar surface area (TPSA) is 93.0 Å². The van der Waals surface area contributed by atoms with Crippen molar-refractivity contribution in [3.05, 3.63) is 16.7 Å². The summed E-state index contributed by atoms with van der Waals surface area (Å²) in [4.78, 5) is 17.9. The predicted molar refractivity (Wildman–Crippen MR) is 67.4 cm³/mol. The van der Waals surface area contributed by atoms with Gasteiger partial charge in [-0.3, -0.25) is 4.79 Å². The summed E-state index contributed by atoms with van der Waals surface area (Å²) in [6, 6.07) is 0. The Labute approximate surface area is 101 Å². The molecule has 0 saturated carbocycles. The third-order valence-corrected chi connectivity index (χ3v) is 3.03. The molecule has 0 saturated heterocycles. The number of hydrogen-bond donors (Lipinski definition) is 3. The second kappa shape index (κ2) is 5.67. The van der Waals surface area contributed by atoms with E-state index < -0.39 is 0 Å². The molecule has 1 aromatic rings. The van der Waals surface area contributed by atoms with Gasteiger partial charge in [0.2, 0.25) is 5.75 Å². The van der Waals surface area contributed by atoms with Gasteiger partial charge in [-0.1, -0.05) is 13.8 Å². The number of aromatic nitrogens is 2. The lowest BCUT2D eigenvalue weighted by molar-refractivity contribution is 0.401. The molecule has 0 atom stereocenters. The number of anilines is 1. The predicted octanol–water partition coefficient (Wildman–Crippen LogP) is 0.708. The van der Waals surface area contributed by atoms with Crippen LogP contribution in [0.1, 0.15) is 26.7 Å². The van der Waals surface area contributed by atoms with E-state index in [1.54, 1.807) is 0 Å². The number of rotatable bonds is 6. The smallest absolute Gasteiger partial charge is 0.295 e. The molecule has 0 aromatic carbocycles. The first-order chi connectivity index (χ1) is 8.06. The summed E-state index contributed by atoms with van der Waals surface area (Å²) in [5, 5.41) is 3.07. The number of hydrogen-bond acceptors (Lipinski definition) is 5. The van der Waals surface area contributed by atoms with Gasteiger partial charge in [0, 0.05) is 12.1 Å². The van der Waals surface area contributed by atoms with Crippen molar-refractivity contribution in [2.45, 2.75) is 32.2 Å². The van der Waals surface area contributed by atoms with E-state index >= 15 is 0 Å². The molecule has 0 spiro atoms. The lowest BCUT2D eigenvalue weighted by atomic mass is 9.94. The van der Waals surface area contributed by atoms with Crippen LogP contribution in [-0.2, 0) is 0 Å².